The van der Waals surface area contributed by atoms with Crippen molar-refractivity contribution in [2.24, 2.45) is 0 Å². The normalized spacial score (nSPS) is 19.7. The summed E-state index contributed by atoms with van der Waals surface area (Å²) in [6, 6.07) is 2.75. The van der Waals surface area contributed by atoms with Crippen molar-refractivity contribution < 1.29 is 22.7 Å². The standard InChI is InChI=1S/C17H24N2O5S2/c1-4-12(2)19(13-7-9-26(22,23)11-13)15(20)10-24-17(21)14-6-5-8-18-16(14)25-3/h5-6,8,12-13H,4,7,9-11H2,1-3H3/t12-,13+/m1/s1. The van der Waals surface area contributed by atoms with Crippen molar-refractivity contribution in [1.82, 2.24) is 9.88 Å². The first-order valence-electron chi connectivity index (χ1n) is 8.46. The van der Waals surface area contributed by atoms with Crippen LogP contribution in [0.15, 0.2) is 23.4 Å². The number of ether oxygens (including phenoxy) is 1. The summed E-state index contributed by atoms with van der Waals surface area (Å²) in [4.78, 5) is 30.6. The molecule has 0 radical (unpaired) electrons. The van der Waals surface area contributed by atoms with Gasteiger partial charge in [-0.25, -0.2) is 18.2 Å². The lowest BCUT2D eigenvalue weighted by molar-refractivity contribution is -0.138. The highest BCUT2D eigenvalue weighted by molar-refractivity contribution is 7.98. The molecule has 0 unspecified atom stereocenters. The molecule has 1 aromatic rings. The number of carbonyl (C=O) groups excluding carboxylic acids is 2. The van der Waals surface area contributed by atoms with Crippen molar-refractivity contribution >= 4 is 33.5 Å². The molecule has 1 amide bonds. The summed E-state index contributed by atoms with van der Waals surface area (Å²) < 4.78 is 28.7. The lowest BCUT2D eigenvalue weighted by Gasteiger charge is -2.33. The van der Waals surface area contributed by atoms with Gasteiger partial charge in [0.1, 0.15) is 5.03 Å². The zero-order valence-corrected chi connectivity index (χ0v) is 16.8. The number of sulfone groups is 1. The maximum atomic E-state index is 12.7. The van der Waals surface area contributed by atoms with E-state index in [0.29, 0.717) is 23.4 Å². The highest BCUT2D eigenvalue weighted by Gasteiger charge is 2.36. The molecule has 1 aromatic heterocycles. The van der Waals surface area contributed by atoms with E-state index < -0.39 is 22.4 Å². The fourth-order valence-corrected chi connectivity index (χ4v) is 5.24. The number of aromatic nitrogens is 1. The Hall–Kier alpha value is -1.61. The summed E-state index contributed by atoms with van der Waals surface area (Å²) in [5, 5.41) is 0.533. The van der Waals surface area contributed by atoms with Gasteiger partial charge in [0.05, 0.1) is 17.1 Å². The van der Waals surface area contributed by atoms with E-state index in [1.807, 2.05) is 13.8 Å². The van der Waals surface area contributed by atoms with Crippen molar-refractivity contribution in [3.8, 4) is 0 Å². The van der Waals surface area contributed by atoms with Crippen LogP contribution in [-0.2, 0) is 19.4 Å². The molecule has 2 atom stereocenters. The summed E-state index contributed by atoms with van der Waals surface area (Å²) in [5.41, 5.74) is 0.311. The number of pyridine rings is 1. The van der Waals surface area contributed by atoms with Crippen LogP contribution in [0.1, 0.15) is 37.0 Å². The molecule has 0 N–H and O–H groups in total. The Balaban J connectivity index is 2.06. The van der Waals surface area contributed by atoms with Crippen LogP contribution in [0.2, 0.25) is 0 Å². The van der Waals surface area contributed by atoms with Gasteiger partial charge in [-0.05, 0) is 38.2 Å². The van der Waals surface area contributed by atoms with E-state index in [1.165, 1.54) is 11.8 Å². The van der Waals surface area contributed by atoms with Gasteiger partial charge in [0.2, 0.25) is 0 Å². The Kier molecular flexibility index (Phi) is 7.05. The molecule has 2 heterocycles. The van der Waals surface area contributed by atoms with Crippen LogP contribution in [0.25, 0.3) is 0 Å². The second-order valence-electron chi connectivity index (χ2n) is 6.25. The topological polar surface area (TPSA) is 93.6 Å². The van der Waals surface area contributed by atoms with Crippen LogP contribution in [0.3, 0.4) is 0 Å². The van der Waals surface area contributed by atoms with E-state index in [4.69, 9.17) is 4.74 Å². The number of hydrogen-bond acceptors (Lipinski definition) is 7. The Labute approximate surface area is 158 Å². The third-order valence-corrected chi connectivity index (χ3v) is 6.93. The van der Waals surface area contributed by atoms with E-state index in [1.54, 1.807) is 29.5 Å². The summed E-state index contributed by atoms with van der Waals surface area (Å²) >= 11 is 1.32. The quantitative estimate of drug-likeness (QED) is 0.509. The van der Waals surface area contributed by atoms with Crippen LogP contribution in [0.4, 0.5) is 0 Å². The van der Waals surface area contributed by atoms with Gasteiger partial charge in [-0.2, -0.15) is 0 Å². The SMILES string of the molecule is CC[C@@H](C)N(C(=O)COC(=O)c1cccnc1SC)[C@H]1CCS(=O)(=O)C1. The van der Waals surface area contributed by atoms with Crippen molar-refractivity contribution in [1.29, 1.82) is 0 Å². The molecule has 0 aromatic carbocycles. The van der Waals surface area contributed by atoms with E-state index in [2.05, 4.69) is 4.98 Å². The summed E-state index contributed by atoms with van der Waals surface area (Å²) in [6.07, 6.45) is 4.50. The minimum Gasteiger partial charge on any atom is -0.452 e. The lowest BCUT2D eigenvalue weighted by Crippen LogP contribution is -2.48. The van der Waals surface area contributed by atoms with Crippen LogP contribution in [0, 0.1) is 0 Å². The zero-order valence-electron chi connectivity index (χ0n) is 15.2. The molecule has 26 heavy (non-hydrogen) atoms. The first-order valence-corrected chi connectivity index (χ1v) is 11.5. The molecule has 1 aliphatic rings. The van der Waals surface area contributed by atoms with Crippen LogP contribution in [-0.4, -0.2) is 66.6 Å². The summed E-state index contributed by atoms with van der Waals surface area (Å²) in [6.45, 7) is 3.39. The van der Waals surface area contributed by atoms with Gasteiger partial charge in [0.25, 0.3) is 5.91 Å². The maximum Gasteiger partial charge on any atom is 0.341 e. The smallest absolute Gasteiger partial charge is 0.341 e. The van der Waals surface area contributed by atoms with Gasteiger partial charge in [-0.3, -0.25) is 4.79 Å². The van der Waals surface area contributed by atoms with Crippen LogP contribution in [0.5, 0.6) is 0 Å². The van der Waals surface area contributed by atoms with Gasteiger partial charge >= 0.3 is 5.97 Å². The second kappa shape index (κ2) is 8.85. The number of esters is 1. The Bertz CT molecular complexity index is 766. The minimum absolute atomic E-state index is 0.0315. The highest BCUT2D eigenvalue weighted by Crippen LogP contribution is 2.22. The first kappa shape index (κ1) is 20.7. The highest BCUT2D eigenvalue weighted by atomic mass is 32.2. The van der Waals surface area contributed by atoms with Gasteiger partial charge in [-0.15, -0.1) is 11.8 Å². The molecule has 0 aliphatic carbocycles. The Morgan fingerprint density at radius 1 is 1.46 bits per heavy atom. The molecule has 9 heteroatoms. The van der Waals surface area contributed by atoms with E-state index in [9.17, 15) is 18.0 Å². The van der Waals surface area contributed by atoms with Crippen molar-refractivity contribution in [2.45, 2.75) is 43.8 Å². The lowest BCUT2D eigenvalue weighted by atomic mass is 10.1. The number of amides is 1. The summed E-state index contributed by atoms with van der Waals surface area (Å²) in [7, 11) is -3.11. The number of carbonyl (C=O) groups is 2. The average Bonchev–Trinajstić information content (AvgIpc) is 2.98. The van der Waals surface area contributed by atoms with Gasteiger partial charge in [0, 0.05) is 18.3 Å². The van der Waals surface area contributed by atoms with Crippen molar-refractivity contribution in [3.63, 3.8) is 0 Å². The largest absolute Gasteiger partial charge is 0.452 e. The number of thioether (sulfide) groups is 1. The molecular weight excluding hydrogens is 376 g/mol. The molecule has 0 bridgehead atoms. The molecule has 0 saturated carbocycles. The predicted molar refractivity (Wildman–Crippen MR) is 100.0 cm³/mol. The number of rotatable bonds is 7. The molecule has 144 valence electrons. The van der Waals surface area contributed by atoms with Crippen molar-refractivity contribution in [2.75, 3.05) is 24.4 Å². The molecule has 1 saturated heterocycles. The van der Waals surface area contributed by atoms with Crippen molar-refractivity contribution in [3.05, 3.63) is 23.9 Å². The maximum absolute atomic E-state index is 12.7. The molecule has 2 rings (SSSR count). The van der Waals surface area contributed by atoms with E-state index in [-0.39, 0.29) is 29.5 Å². The molecule has 0 spiro atoms. The summed E-state index contributed by atoms with van der Waals surface area (Å²) in [5.74, 6) is -0.927. The molecule has 7 nitrogen and oxygen atoms in total. The van der Waals surface area contributed by atoms with E-state index in [0.717, 1.165) is 0 Å². The fourth-order valence-electron chi connectivity index (χ4n) is 2.99. The third kappa shape index (κ3) is 4.97. The average molecular weight is 401 g/mol. The van der Waals surface area contributed by atoms with Gasteiger partial charge in [-0.1, -0.05) is 6.92 Å². The first-order chi connectivity index (χ1) is 12.3. The monoisotopic (exact) mass is 400 g/mol. The van der Waals surface area contributed by atoms with Crippen LogP contribution >= 0.6 is 11.8 Å². The number of nitrogens with zero attached hydrogens (tertiary/aromatic N) is 2. The fraction of sp³-hybridized carbons (Fsp3) is 0.588. The second-order valence-corrected chi connectivity index (χ2v) is 9.28. The van der Waals surface area contributed by atoms with Gasteiger partial charge in [0.15, 0.2) is 16.4 Å². The van der Waals surface area contributed by atoms with E-state index >= 15 is 0 Å². The zero-order chi connectivity index (χ0) is 19.3. The number of hydrogen-bond donors (Lipinski definition) is 0. The Morgan fingerprint density at radius 3 is 2.77 bits per heavy atom. The molecular formula is C17H24N2O5S2. The third-order valence-electron chi connectivity index (χ3n) is 4.47. The molecule has 1 aliphatic heterocycles. The predicted octanol–water partition coefficient (Wildman–Crippen LogP) is 1.77. The van der Waals surface area contributed by atoms with Crippen LogP contribution < -0.4 is 0 Å². The molecule has 1 fully saturated rings. The Morgan fingerprint density at radius 2 is 2.19 bits per heavy atom. The minimum atomic E-state index is -3.11. The van der Waals surface area contributed by atoms with Gasteiger partial charge < -0.3 is 9.64 Å².